The largest absolute Gasteiger partial charge is 0.391 e. The highest BCUT2D eigenvalue weighted by Gasteiger charge is 2.23. The summed E-state index contributed by atoms with van der Waals surface area (Å²) in [5.74, 6) is 1.21. The van der Waals surface area contributed by atoms with E-state index in [1.165, 1.54) is 6.42 Å². The Labute approximate surface area is 133 Å². The van der Waals surface area contributed by atoms with Crippen LogP contribution in [0, 0.1) is 5.92 Å². The molecule has 7 nitrogen and oxygen atoms in total. The number of aliphatic imine (C=N–C) groups is 1. The van der Waals surface area contributed by atoms with Gasteiger partial charge in [0.15, 0.2) is 5.96 Å². The minimum atomic E-state index is -3.25. The van der Waals surface area contributed by atoms with Crippen molar-refractivity contribution in [2.24, 2.45) is 10.9 Å². The Morgan fingerprint density at radius 3 is 2.68 bits per heavy atom. The summed E-state index contributed by atoms with van der Waals surface area (Å²) in [5.41, 5.74) is 0. The number of aliphatic hydroxyl groups excluding tert-OH is 1. The molecule has 1 saturated heterocycles. The normalized spacial score (nSPS) is 23.6. The molecule has 8 heteroatoms. The van der Waals surface area contributed by atoms with Gasteiger partial charge in [-0.3, -0.25) is 4.99 Å². The maximum absolute atomic E-state index is 11.9. The Kier molecular flexibility index (Phi) is 6.46. The Morgan fingerprint density at radius 2 is 2.14 bits per heavy atom. The van der Waals surface area contributed by atoms with Gasteiger partial charge in [0.05, 0.1) is 18.4 Å². The second-order valence-corrected chi connectivity index (χ2v) is 8.01. The number of aliphatic hydroxyl groups is 1. The lowest BCUT2D eigenvalue weighted by atomic mass is 9.86. The topological polar surface area (TPSA) is 94.0 Å². The Bertz CT molecular complexity index is 476. The molecule has 1 aliphatic carbocycles. The number of hydrogen-bond donors (Lipinski definition) is 3. The van der Waals surface area contributed by atoms with Gasteiger partial charge in [0.1, 0.15) is 0 Å². The van der Waals surface area contributed by atoms with Crippen molar-refractivity contribution in [2.45, 2.75) is 38.7 Å². The van der Waals surface area contributed by atoms with Crippen LogP contribution in [0.2, 0.25) is 0 Å². The summed E-state index contributed by atoms with van der Waals surface area (Å²) in [4.78, 5) is 6.35. The summed E-state index contributed by atoms with van der Waals surface area (Å²) in [6.45, 7) is 4.79. The molecule has 128 valence electrons. The summed E-state index contributed by atoms with van der Waals surface area (Å²) >= 11 is 0. The van der Waals surface area contributed by atoms with Crippen molar-refractivity contribution in [1.29, 1.82) is 0 Å². The van der Waals surface area contributed by atoms with Gasteiger partial charge < -0.3 is 15.3 Å². The highest BCUT2D eigenvalue weighted by atomic mass is 32.2. The SMILES string of the molecule is CCNC(=NCCS(=O)(=O)NCC1CCC1)N1CC[C@@H](O)C1. The van der Waals surface area contributed by atoms with Gasteiger partial charge in [-0.1, -0.05) is 6.42 Å². The molecule has 0 aromatic heterocycles. The molecule has 2 aliphatic rings. The molecule has 0 radical (unpaired) electrons. The van der Waals surface area contributed by atoms with Crippen molar-refractivity contribution in [2.75, 3.05) is 38.5 Å². The first-order valence-electron chi connectivity index (χ1n) is 8.19. The maximum atomic E-state index is 11.9. The van der Waals surface area contributed by atoms with Gasteiger partial charge in [0, 0.05) is 26.2 Å². The van der Waals surface area contributed by atoms with Gasteiger partial charge in [0.2, 0.25) is 10.0 Å². The number of nitrogens with zero attached hydrogens (tertiary/aromatic N) is 2. The van der Waals surface area contributed by atoms with Crippen LogP contribution in [0.15, 0.2) is 4.99 Å². The molecule has 2 rings (SSSR count). The Hall–Kier alpha value is -0.860. The first-order valence-corrected chi connectivity index (χ1v) is 9.84. The molecular formula is C14H28N4O3S. The lowest BCUT2D eigenvalue weighted by molar-refractivity contribution is 0.188. The smallest absolute Gasteiger partial charge is 0.213 e. The van der Waals surface area contributed by atoms with Crippen molar-refractivity contribution in [3.63, 3.8) is 0 Å². The predicted octanol–water partition coefficient (Wildman–Crippen LogP) is -0.262. The van der Waals surface area contributed by atoms with E-state index in [-0.39, 0.29) is 18.4 Å². The Morgan fingerprint density at radius 1 is 1.36 bits per heavy atom. The third-order valence-electron chi connectivity index (χ3n) is 4.24. The van der Waals surface area contributed by atoms with E-state index in [9.17, 15) is 13.5 Å². The van der Waals surface area contributed by atoms with Crippen molar-refractivity contribution in [3.8, 4) is 0 Å². The lowest BCUT2D eigenvalue weighted by Crippen LogP contribution is -2.41. The monoisotopic (exact) mass is 332 g/mol. The zero-order valence-corrected chi connectivity index (χ0v) is 14.1. The Balaban J connectivity index is 1.79. The van der Waals surface area contributed by atoms with Crippen molar-refractivity contribution >= 4 is 16.0 Å². The highest BCUT2D eigenvalue weighted by molar-refractivity contribution is 7.89. The van der Waals surface area contributed by atoms with E-state index in [2.05, 4.69) is 15.0 Å². The third kappa shape index (κ3) is 5.40. The quantitative estimate of drug-likeness (QED) is 0.441. The molecule has 0 unspecified atom stereocenters. The number of rotatable bonds is 7. The second-order valence-electron chi connectivity index (χ2n) is 6.09. The number of hydrogen-bond acceptors (Lipinski definition) is 4. The maximum Gasteiger partial charge on any atom is 0.213 e. The van der Waals surface area contributed by atoms with E-state index in [0.717, 1.165) is 32.4 Å². The fourth-order valence-electron chi connectivity index (χ4n) is 2.65. The molecule has 0 aromatic carbocycles. The van der Waals surface area contributed by atoms with Gasteiger partial charge >= 0.3 is 0 Å². The minimum Gasteiger partial charge on any atom is -0.391 e. The molecule has 0 bridgehead atoms. The first kappa shape index (κ1) is 17.5. The number of sulfonamides is 1. The fourth-order valence-corrected chi connectivity index (χ4v) is 3.61. The molecule has 0 aromatic rings. The second kappa shape index (κ2) is 8.12. The molecule has 2 fully saturated rings. The average Bonchev–Trinajstić information content (AvgIpc) is 2.82. The average molecular weight is 332 g/mol. The molecule has 1 saturated carbocycles. The van der Waals surface area contributed by atoms with Gasteiger partial charge in [-0.2, -0.15) is 0 Å². The van der Waals surface area contributed by atoms with E-state index in [1.807, 2.05) is 11.8 Å². The number of β-amino-alcohol motifs (C(OH)–C–C–N with tert-alkyl or cyclic N) is 1. The van der Waals surface area contributed by atoms with E-state index in [1.54, 1.807) is 0 Å². The molecule has 0 amide bonds. The van der Waals surface area contributed by atoms with Crippen LogP contribution in [0.25, 0.3) is 0 Å². The first-order chi connectivity index (χ1) is 10.5. The molecule has 22 heavy (non-hydrogen) atoms. The lowest BCUT2D eigenvalue weighted by Gasteiger charge is -2.25. The minimum absolute atomic E-state index is 0.00497. The summed E-state index contributed by atoms with van der Waals surface area (Å²) in [5, 5.41) is 12.7. The summed E-state index contributed by atoms with van der Waals surface area (Å²) in [7, 11) is -3.25. The van der Waals surface area contributed by atoms with Gasteiger partial charge in [-0.05, 0) is 32.1 Å². The predicted molar refractivity (Wildman–Crippen MR) is 87.3 cm³/mol. The molecule has 1 atom stereocenters. The van der Waals surface area contributed by atoms with Gasteiger partial charge in [0.25, 0.3) is 0 Å². The van der Waals surface area contributed by atoms with E-state index in [4.69, 9.17) is 0 Å². The van der Waals surface area contributed by atoms with Crippen molar-refractivity contribution in [1.82, 2.24) is 14.9 Å². The number of guanidine groups is 1. The third-order valence-corrected chi connectivity index (χ3v) is 5.56. The molecule has 1 aliphatic heterocycles. The van der Waals surface area contributed by atoms with Crippen LogP contribution in [0.3, 0.4) is 0 Å². The van der Waals surface area contributed by atoms with E-state index >= 15 is 0 Å². The van der Waals surface area contributed by atoms with Gasteiger partial charge in [-0.25, -0.2) is 13.1 Å². The molecule has 3 N–H and O–H groups in total. The molecule has 1 heterocycles. The van der Waals surface area contributed by atoms with E-state index < -0.39 is 10.0 Å². The van der Waals surface area contributed by atoms with Crippen molar-refractivity contribution < 1.29 is 13.5 Å². The van der Waals surface area contributed by atoms with Crippen LogP contribution in [0.1, 0.15) is 32.6 Å². The van der Waals surface area contributed by atoms with Crippen LogP contribution in [-0.4, -0.2) is 69.0 Å². The zero-order chi connectivity index (χ0) is 16.0. The molecular weight excluding hydrogens is 304 g/mol. The summed E-state index contributed by atoms with van der Waals surface area (Å²) in [6.07, 6.45) is 3.87. The van der Waals surface area contributed by atoms with Crippen LogP contribution >= 0.6 is 0 Å². The van der Waals surface area contributed by atoms with Crippen LogP contribution < -0.4 is 10.0 Å². The van der Waals surface area contributed by atoms with Crippen LogP contribution in [0.4, 0.5) is 0 Å². The van der Waals surface area contributed by atoms with Gasteiger partial charge in [-0.15, -0.1) is 0 Å². The fraction of sp³-hybridized carbons (Fsp3) is 0.929. The van der Waals surface area contributed by atoms with Crippen molar-refractivity contribution in [3.05, 3.63) is 0 Å². The molecule has 0 spiro atoms. The zero-order valence-electron chi connectivity index (χ0n) is 13.3. The summed E-state index contributed by atoms with van der Waals surface area (Å²) < 4.78 is 26.5. The van der Waals surface area contributed by atoms with Crippen LogP contribution in [-0.2, 0) is 10.0 Å². The summed E-state index contributed by atoms with van der Waals surface area (Å²) in [6, 6.07) is 0. The number of nitrogens with one attached hydrogen (secondary N) is 2. The highest BCUT2D eigenvalue weighted by Crippen LogP contribution is 2.25. The standard InChI is InChI=1S/C14H28N4O3S/c1-2-15-14(18-8-6-13(19)11-18)16-7-9-22(20,21)17-10-12-4-3-5-12/h12-13,17,19H,2-11H2,1H3,(H,15,16)/t13-/m1/s1. The van der Waals surface area contributed by atoms with E-state index in [0.29, 0.717) is 25.0 Å². The van der Waals surface area contributed by atoms with Crippen LogP contribution in [0.5, 0.6) is 0 Å². The number of likely N-dealkylation sites (tertiary alicyclic amines) is 1.